The van der Waals surface area contributed by atoms with E-state index in [0.29, 0.717) is 18.2 Å². The maximum absolute atomic E-state index is 11.6. The summed E-state index contributed by atoms with van der Waals surface area (Å²) < 4.78 is 10.3. The Labute approximate surface area is 121 Å². The second kappa shape index (κ2) is 9.50. The Kier molecular flexibility index (Phi) is 7.92. The lowest BCUT2D eigenvalue weighted by Crippen LogP contribution is -2.18. The summed E-state index contributed by atoms with van der Waals surface area (Å²) in [6, 6.07) is 7.51. The molecule has 0 saturated heterocycles. The van der Waals surface area contributed by atoms with E-state index in [1.165, 1.54) is 7.11 Å². The highest BCUT2D eigenvalue weighted by molar-refractivity contribution is 5.90. The molecule has 0 aromatic heterocycles. The van der Waals surface area contributed by atoms with E-state index in [0.717, 1.165) is 31.6 Å². The summed E-state index contributed by atoms with van der Waals surface area (Å²) in [5.74, 6) is -0.285. The number of esters is 1. The summed E-state index contributed by atoms with van der Waals surface area (Å²) in [5.41, 5.74) is 1.60. The van der Waals surface area contributed by atoms with E-state index in [9.17, 15) is 4.79 Å². The van der Waals surface area contributed by atoms with Crippen LogP contribution in [0.5, 0.6) is 0 Å². The summed E-state index contributed by atoms with van der Waals surface area (Å²) in [4.78, 5) is 11.6. The van der Waals surface area contributed by atoms with Crippen molar-refractivity contribution in [1.29, 1.82) is 0 Å². The maximum atomic E-state index is 11.6. The summed E-state index contributed by atoms with van der Waals surface area (Å²) in [5, 5.41) is 3.35. The maximum Gasteiger partial charge on any atom is 0.338 e. The Hall–Kier alpha value is -1.39. The molecule has 0 spiro atoms. The van der Waals surface area contributed by atoms with Crippen LogP contribution in [0.2, 0.25) is 0 Å². The second-order valence-electron chi connectivity index (χ2n) is 4.95. The fourth-order valence-electron chi connectivity index (χ4n) is 1.88. The minimum absolute atomic E-state index is 0.285. The first-order chi connectivity index (χ1) is 9.65. The third-order valence-corrected chi connectivity index (χ3v) is 2.94. The average Bonchev–Trinajstić information content (AvgIpc) is 2.45. The van der Waals surface area contributed by atoms with Crippen LogP contribution in [0, 0.1) is 0 Å². The van der Waals surface area contributed by atoms with Gasteiger partial charge in [0.2, 0.25) is 0 Å². The molecule has 0 amide bonds. The van der Waals surface area contributed by atoms with Crippen LogP contribution in [-0.4, -0.2) is 32.3 Å². The molecule has 1 aromatic rings. The Morgan fingerprint density at radius 2 is 2.00 bits per heavy atom. The van der Waals surface area contributed by atoms with Gasteiger partial charge in [-0.05, 0) is 44.9 Å². The van der Waals surface area contributed by atoms with Gasteiger partial charge < -0.3 is 14.8 Å². The monoisotopic (exact) mass is 279 g/mol. The summed E-state index contributed by atoms with van der Waals surface area (Å²) >= 11 is 0. The Balaban J connectivity index is 2.27. The molecule has 20 heavy (non-hydrogen) atoms. The molecular formula is C16H25NO3. The van der Waals surface area contributed by atoms with Crippen molar-refractivity contribution in [3.63, 3.8) is 0 Å². The lowest BCUT2D eigenvalue weighted by Gasteiger charge is -2.10. The highest BCUT2D eigenvalue weighted by atomic mass is 16.5. The topological polar surface area (TPSA) is 47.6 Å². The Morgan fingerprint density at radius 1 is 1.25 bits per heavy atom. The number of hydrogen-bond donors (Lipinski definition) is 1. The van der Waals surface area contributed by atoms with Gasteiger partial charge in [0.1, 0.15) is 0 Å². The van der Waals surface area contributed by atoms with Gasteiger partial charge in [-0.3, -0.25) is 0 Å². The van der Waals surface area contributed by atoms with Gasteiger partial charge >= 0.3 is 5.97 Å². The van der Waals surface area contributed by atoms with E-state index >= 15 is 0 Å². The van der Waals surface area contributed by atoms with Gasteiger partial charge in [0.25, 0.3) is 0 Å². The van der Waals surface area contributed by atoms with Gasteiger partial charge in [-0.15, -0.1) is 0 Å². The van der Waals surface area contributed by atoms with E-state index in [2.05, 4.69) is 5.32 Å². The number of carbonyl (C=O) groups excluding carboxylic acids is 1. The van der Waals surface area contributed by atoms with Crippen molar-refractivity contribution in [1.82, 2.24) is 5.32 Å². The molecule has 4 heteroatoms. The van der Waals surface area contributed by atoms with Gasteiger partial charge in [-0.1, -0.05) is 18.2 Å². The van der Waals surface area contributed by atoms with E-state index in [4.69, 9.17) is 9.47 Å². The van der Waals surface area contributed by atoms with Crippen LogP contribution in [0.15, 0.2) is 24.3 Å². The van der Waals surface area contributed by atoms with E-state index < -0.39 is 0 Å². The third kappa shape index (κ3) is 6.17. The largest absolute Gasteiger partial charge is 0.465 e. The molecule has 0 fully saturated rings. The minimum Gasteiger partial charge on any atom is -0.465 e. The number of unbranched alkanes of at least 4 members (excludes halogenated alkanes) is 1. The van der Waals surface area contributed by atoms with Gasteiger partial charge in [-0.2, -0.15) is 0 Å². The fourth-order valence-corrected chi connectivity index (χ4v) is 1.88. The van der Waals surface area contributed by atoms with Crippen molar-refractivity contribution in [2.75, 3.05) is 20.3 Å². The molecule has 1 N–H and O–H groups in total. The number of hydrogen-bond acceptors (Lipinski definition) is 4. The summed E-state index contributed by atoms with van der Waals surface area (Å²) in [6.45, 7) is 6.48. The van der Waals surface area contributed by atoms with Gasteiger partial charge in [0.15, 0.2) is 0 Å². The molecular weight excluding hydrogens is 254 g/mol. The number of carbonyl (C=O) groups is 1. The first kappa shape index (κ1) is 16.7. The van der Waals surface area contributed by atoms with Crippen LogP contribution >= 0.6 is 0 Å². The molecule has 0 aliphatic rings. The van der Waals surface area contributed by atoms with Crippen molar-refractivity contribution in [3.05, 3.63) is 35.4 Å². The number of methoxy groups -OCH3 is 1. The predicted octanol–water partition coefficient (Wildman–Crippen LogP) is 2.77. The SMILES string of the molecule is COC(=O)c1ccccc1CNCCCCOC(C)C. The molecule has 1 aromatic carbocycles. The third-order valence-electron chi connectivity index (χ3n) is 2.94. The number of benzene rings is 1. The van der Waals surface area contributed by atoms with E-state index in [1.54, 1.807) is 6.07 Å². The smallest absolute Gasteiger partial charge is 0.338 e. The predicted molar refractivity (Wildman–Crippen MR) is 79.8 cm³/mol. The van der Waals surface area contributed by atoms with Crippen LogP contribution in [0.3, 0.4) is 0 Å². The molecule has 0 heterocycles. The number of nitrogens with one attached hydrogen (secondary N) is 1. The van der Waals surface area contributed by atoms with Crippen LogP contribution in [-0.2, 0) is 16.0 Å². The van der Waals surface area contributed by atoms with Gasteiger partial charge in [-0.25, -0.2) is 4.79 Å². The van der Waals surface area contributed by atoms with Crippen LogP contribution in [0.25, 0.3) is 0 Å². The van der Waals surface area contributed by atoms with E-state index in [-0.39, 0.29) is 5.97 Å². The summed E-state index contributed by atoms with van der Waals surface area (Å²) in [7, 11) is 1.40. The molecule has 0 saturated carbocycles. The zero-order chi connectivity index (χ0) is 14.8. The molecule has 1 rings (SSSR count). The van der Waals surface area contributed by atoms with Gasteiger partial charge in [0, 0.05) is 13.2 Å². The zero-order valence-electron chi connectivity index (χ0n) is 12.6. The van der Waals surface area contributed by atoms with E-state index in [1.807, 2.05) is 32.0 Å². The molecule has 0 aliphatic heterocycles. The second-order valence-corrected chi connectivity index (χ2v) is 4.95. The molecule has 0 radical (unpaired) electrons. The molecule has 4 nitrogen and oxygen atoms in total. The van der Waals surface area contributed by atoms with Crippen LogP contribution < -0.4 is 5.32 Å². The molecule has 0 atom stereocenters. The zero-order valence-corrected chi connectivity index (χ0v) is 12.6. The lowest BCUT2D eigenvalue weighted by molar-refractivity contribution is 0.0599. The normalized spacial score (nSPS) is 10.8. The Morgan fingerprint density at radius 3 is 2.70 bits per heavy atom. The van der Waals surface area contributed by atoms with Crippen molar-refractivity contribution < 1.29 is 14.3 Å². The standard InChI is InChI=1S/C16H25NO3/c1-13(2)20-11-7-6-10-17-12-14-8-4-5-9-15(14)16(18)19-3/h4-5,8-9,13,17H,6-7,10-12H2,1-3H3. The average molecular weight is 279 g/mol. The highest BCUT2D eigenvalue weighted by Gasteiger charge is 2.09. The fraction of sp³-hybridized carbons (Fsp3) is 0.562. The number of rotatable bonds is 9. The summed E-state index contributed by atoms with van der Waals surface area (Å²) in [6.07, 6.45) is 2.41. The van der Waals surface area contributed by atoms with Crippen molar-refractivity contribution >= 4 is 5.97 Å². The number of ether oxygens (including phenoxy) is 2. The molecule has 0 bridgehead atoms. The minimum atomic E-state index is -0.285. The Bertz CT molecular complexity index is 404. The molecule has 0 aliphatic carbocycles. The quantitative estimate of drug-likeness (QED) is 0.558. The molecule has 112 valence electrons. The van der Waals surface area contributed by atoms with Crippen LogP contribution in [0.1, 0.15) is 42.6 Å². The van der Waals surface area contributed by atoms with Crippen LogP contribution in [0.4, 0.5) is 0 Å². The molecule has 0 unspecified atom stereocenters. The van der Waals surface area contributed by atoms with Crippen molar-refractivity contribution in [2.45, 2.75) is 39.3 Å². The first-order valence-electron chi connectivity index (χ1n) is 7.13. The van der Waals surface area contributed by atoms with Gasteiger partial charge in [0.05, 0.1) is 18.8 Å². The first-order valence-corrected chi connectivity index (χ1v) is 7.13. The lowest BCUT2D eigenvalue weighted by atomic mass is 10.1. The van der Waals surface area contributed by atoms with Crippen molar-refractivity contribution in [3.8, 4) is 0 Å². The van der Waals surface area contributed by atoms with Crippen molar-refractivity contribution in [2.24, 2.45) is 0 Å². The highest BCUT2D eigenvalue weighted by Crippen LogP contribution is 2.09.